The molecule has 1 amide bonds. The van der Waals surface area contributed by atoms with Crippen molar-refractivity contribution in [3.63, 3.8) is 0 Å². The first-order valence-electron chi connectivity index (χ1n) is 10.5. The van der Waals surface area contributed by atoms with Gasteiger partial charge < -0.3 is 19.9 Å². The molecule has 33 heavy (non-hydrogen) atoms. The fourth-order valence-electron chi connectivity index (χ4n) is 3.33. The van der Waals surface area contributed by atoms with Crippen molar-refractivity contribution < 1.29 is 29.0 Å². The molecule has 1 aliphatic heterocycles. The minimum Gasteiger partial charge on any atom is -0.473 e. The second-order valence-electron chi connectivity index (χ2n) is 7.87. The SMILES string of the molecule is O=C(CN1CCN(Cc2ccc(-c3cccc(Cl)c3Cl)o2)CC1)NC1CC1.O=C(O)C(=O)O. The molecule has 4 rings (SSSR count). The zero-order chi connectivity index (χ0) is 24.0. The van der Waals surface area contributed by atoms with Crippen LogP contribution in [-0.4, -0.2) is 76.6 Å². The Morgan fingerprint density at radius 1 is 0.970 bits per heavy atom. The topological polar surface area (TPSA) is 123 Å². The molecule has 0 spiro atoms. The van der Waals surface area contributed by atoms with Crippen molar-refractivity contribution in [3.05, 3.63) is 46.1 Å². The van der Waals surface area contributed by atoms with Gasteiger partial charge in [-0.15, -0.1) is 0 Å². The van der Waals surface area contributed by atoms with Crippen LogP contribution in [0.1, 0.15) is 18.6 Å². The Labute approximate surface area is 200 Å². The van der Waals surface area contributed by atoms with Gasteiger partial charge in [-0.3, -0.25) is 14.6 Å². The number of piperazine rings is 1. The van der Waals surface area contributed by atoms with E-state index in [1.807, 2.05) is 24.3 Å². The monoisotopic (exact) mass is 497 g/mol. The first kappa shape index (κ1) is 25.0. The van der Waals surface area contributed by atoms with Crippen molar-refractivity contribution in [1.82, 2.24) is 15.1 Å². The zero-order valence-electron chi connectivity index (χ0n) is 17.8. The van der Waals surface area contributed by atoms with Crippen LogP contribution in [-0.2, 0) is 20.9 Å². The Hall–Kier alpha value is -2.59. The summed E-state index contributed by atoms with van der Waals surface area (Å²) in [5.74, 6) is -1.86. The van der Waals surface area contributed by atoms with Crippen molar-refractivity contribution in [2.75, 3.05) is 32.7 Å². The van der Waals surface area contributed by atoms with Gasteiger partial charge in [-0.1, -0.05) is 29.3 Å². The number of nitrogens with one attached hydrogen (secondary N) is 1. The number of carboxylic acids is 2. The van der Waals surface area contributed by atoms with Crippen molar-refractivity contribution in [1.29, 1.82) is 0 Å². The number of nitrogens with zero attached hydrogens (tertiary/aromatic N) is 2. The number of carboxylic acid groups (broad SMARTS) is 2. The number of carbonyl (C=O) groups excluding carboxylic acids is 1. The average molecular weight is 498 g/mol. The average Bonchev–Trinajstić information content (AvgIpc) is 3.46. The van der Waals surface area contributed by atoms with Crippen LogP contribution in [0.2, 0.25) is 10.0 Å². The molecule has 0 atom stereocenters. The van der Waals surface area contributed by atoms with Gasteiger partial charge in [0.15, 0.2) is 0 Å². The number of hydrogen-bond acceptors (Lipinski definition) is 6. The first-order valence-corrected chi connectivity index (χ1v) is 11.2. The molecule has 1 aliphatic carbocycles. The Morgan fingerprint density at radius 3 is 2.21 bits per heavy atom. The number of carbonyl (C=O) groups is 3. The van der Waals surface area contributed by atoms with Crippen LogP contribution < -0.4 is 5.32 Å². The zero-order valence-corrected chi connectivity index (χ0v) is 19.3. The molecule has 9 nitrogen and oxygen atoms in total. The second-order valence-corrected chi connectivity index (χ2v) is 8.66. The quantitative estimate of drug-likeness (QED) is 0.520. The van der Waals surface area contributed by atoms with Crippen LogP contribution >= 0.6 is 23.2 Å². The summed E-state index contributed by atoms with van der Waals surface area (Å²) in [7, 11) is 0. The fraction of sp³-hybridized carbons (Fsp3) is 0.409. The summed E-state index contributed by atoms with van der Waals surface area (Å²) in [5.41, 5.74) is 0.807. The van der Waals surface area contributed by atoms with E-state index in [4.69, 9.17) is 47.4 Å². The maximum absolute atomic E-state index is 11.9. The van der Waals surface area contributed by atoms with Crippen LogP contribution in [0.4, 0.5) is 0 Å². The Bertz CT molecular complexity index is 988. The van der Waals surface area contributed by atoms with Gasteiger partial charge in [0.2, 0.25) is 5.91 Å². The lowest BCUT2D eigenvalue weighted by molar-refractivity contribution is -0.159. The van der Waals surface area contributed by atoms with E-state index in [1.54, 1.807) is 6.07 Å². The summed E-state index contributed by atoms with van der Waals surface area (Å²) in [6, 6.07) is 9.89. The second kappa shape index (κ2) is 11.5. The van der Waals surface area contributed by atoms with Gasteiger partial charge in [0.05, 0.1) is 23.1 Å². The van der Waals surface area contributed by atoms with Crippen molar-refractivity contribution in [2.24, 2.45) is 0 Å². The molecule has 1 saturated carbocycles. The van der Waals surface area contributed by atoms with Crippen LogP contribution in [0, 0.1) is 0 Å². The summed E-state index contributed by atoms with van der Waals surface area (Å²) in [5, 5.41) is 18.9. The van der Waals surface area contributed by atoms with E-state index in [0.717, 1.165) is 62.6 Å². The first-order chi connectivity index (χ1) is 15.7. The van der Waals surface area contributed by atoms with E-state index in [9.17, 15) is 4.79 Å². The highest BCUT2D eigenvalue weighted by Gasteiger charge is 2.25. The molecule has 0 radical (unpaired) electrons. The summed E-state index contributed by atoms with van der Waals surface area (Å²) < 4.78 is 5.99. The summed E-state index contributed by atoms with van der Waals surface area (Å²) >= 11 is 12.4. The molecule has 1 aromatic heterocycles. The lowest BCUT2D eigenvalue weighted by Crippen LogP contribution is -2.49. The molecular formula is C22H25Cl2N3O6. The van der Waals surface area contributed by atoms with Crippen LogP contribution in [0.5, 0.6) is 0 Å². The van der Waals surface area contributed by atoms with Gasteiger partial charge in [-0.25, -0.2) is 9.59 Å². The van der Waals surface area contributed by atoms with Crippen LogP contribution in [0.25, 0.3) is 11.3 Å². The summed E-state index contributed by atoms with van der Waals surface area (Å²) in [6.45, 7) is 4.88. The van der Waals surface area contributed by atoms with Gasteiger partial charge in [-0.05, 0) is 37.1 Å². The summed E-state index contributed by atoms with van der Waals surface area (Å²) in [6.07, 6.45) is 2.26. The fourth-order valence-corrected chi connectivity index (χ4v) is 3.73. The molecule has 2 aliphatic rings. The lowest BCUT2D eigenvalue weighted by Gasteiger charge is -2.33. The number of rotatable bonds is 6. The van der Waals surface area contributed by atoms with E-state index in [0.29, 0.717) is 22.6 Å². The van der Waals surface area contributed by atoms with Gasteiger partial charge in [0.25, 0.3) is 0 Å². The van der Waals surface area contributed by atoms with E-state index in [2.05, 4.69) is 15.1 Å². The maximum atomic E-state index is 11.9. The highest BCUT2D eigenvalue weighted by Crippen LogP contribution is 2.34. The van der Waals surface area contributed by atoms with Gasteiger partial charge >= 0.3 is 11.9 Å². The maximum Gasteiger partial charge on any atom is 0.414 e. The van der Waals surface area contributed by atoms with Gasteiger partial charge in [0.1, 0.15) is 11.5 Å². The molecule has 2 fully saturated rings. The molecule has 1 aromatic carbocycles. The predicted octanol–water partition coefficient (Wildman–Crippen LogP) is 2.81. The molecule has 178 valence electrons. The smallest absolute Gasteiger partial charge is 0.414 e. The molecule has 2 aromatic rings. The standard InChI is InChI=1S/C20H23Cl2N3O2.C2H2O4/c21-17-3-1-2-16(20(17)22)18-7-6-15(27-18)12-24-8-10-25(11-9-24)13-19(26)23-14-4-5-14;3-1(4)2(5)6/h1-3,6-7,14H,4-5,8-13H2,(H,23,26);(H,3,4)(H,5,6). The minimum atomic E-state index is -1.82. The molecule has 1 saturated heterocycles. The number of amides is 1. The number of halogens is 2. The molecular weight excluding hydrogens is 473 g/mol. The number of benzene rings is 1. The van der Waals surface area contributed by atoms with Gasteiger partial charge in [-0.2, -0.15) is 0 Å². The minimum absolute atomic E-state index is 0.153. The largest absolute Gasteiger partial charge is 0.473 e. The Morgan fingerprint density at radius 2 is 1.61 bits per heavy atom. The molecule has 2 heterocycles. The van der Waals surface area contributed by atoms with Crippen molar-refractivity contribution in [3.8, 4) is 11.3 Å². The molecule has 11 heteroatoms. The van der Waals surface area contributed by atoms with Crippen LogP contribution in [0.15, 0.2) is 34.7 Å². The van der Waals surface area contributed by atoms with E-state index >= 15 is 0 Å². The number of furan rings is 1. The van der Waals surface area contributed by atoms with E-state index in [1.165, 1.54) is 0 Å². The Kier molecular flexibility index (Phi) is 8.74. The van der Waals surface area contributed by atoms with E-state index < -0.39 is 11.9 Å². The highest BCUT2D eigenvalue weighted by molar-refractivity contribution is 6.43. The van der Waals surface area contributed by atoms with Crippen molar-refractivity contribution in [2.45, 2.75) is 25.4 Å². The molecule has 3 N–H and O–H groups in total. The third-order valence-corrected chi connectivity index (χ3v) is 6.03. The lowest BCUT2D eigenvalue weighted by atomic mass is 10.2. The van der Waals surface area contributed by atoms with Crippen LogP contribution in [0.3, 0.4) is 0 Å². The highest BCUT2D eigenvalue weighted by atomic mass is 35.5. The predicted molar refractivity (Wildman–Crippen MR) is 122 cm³/mol. The number of hydrogen-bond donors (Lipinski definition) is 3. The van der Waals surface area contributed by atoms with Crippen molar-refractivity contribution >= 4 is 41.0 Å². The third kappa shape index (κ3) is 7.75. The Balaban J connectivity index is 0.000000454. The number of aliphatic carboxylic acids is 2. The van der Waals surface area contributed by atoms with Gasteiger partial charge in [0, 0.05) is 37.8 Å². The third-order valence-electron chi connectivity index (χ3n) is 5.22. The van der Waals surface area contributed by atoms with E-state index in [-0.39, 0.29) is 5.91 Å². The summed E-state index contributed by atoms with van der Waals surface area (Å²) in [4.78, 5) is 34.7. The molecule has 0 unspecified atom stereocenters. The molecule has 0 bridgehead atoms. The normalized spacial score (nSPS) is 16.5.